The van der Waals surface area contributed by atoms with E-state index in [1.165, 1.54) is 19.3 Å². The molecule has 1 aromatic rings. The summed E-state index contributed by atoms with van der Waals surface area (Å²) in [6, 6.07) is 7.82. The third-order valence-electron chi connectivity index (χ3n) is 6.13. The van der Waals surface area contributed by atoms with E-state index in [4.69, 9.17) is 6.42 Å². The first-order valence-electron chi connectivity index (χ1n) is 8.45. The first kappa shape index (κ1) is 13.9. The fourth-order valence-electron chi connectivity index (χ4n) is 5.60. The molecule has 4 saturated carbocycles. The monoisotopic (exact) mass is 293 g/mol. The first-order valence-corrected chi connectivity index (χ1v) is 8.45. The molecule has 2 heteroatoms. The molecule has 4 bridgehead atoms. The normalized spacial score (nSPS) is 38.5. The number of hydrogen-bond acceptors (Lipinski definition) is 1. The van der Waals surface area contributed by atoms with E-state index in [0.717, 1.165) is 35.8 Å². The van der Waals surface area contributed by atoms with Crippen molar-refractivity contribution in [3.8, 4) is 12.3 Å². The Morgan fingerprint density at radius 3 is 2.64 bits per heavy atom. The molecular formula is C20H23NO. The Hall–Kier alpha value is -1.75. The van der Waals surface area contributed by atoms with Crippen LogP contribution in [0.5, 0.6) is 0 Å². The van der Waals surface area contributed by atoms with E-state index in [9.17, 15) is 4.79 Å². The molecule has 4 aliphatic carbocycles. The number of amides is 1. The molecule has 1 aromatic carbocycles. The highest BCUT2D eigenvalue weighted by Crippen LogP contribution is 2.58. The predicted molar refractivity (Wildman–Crippen MR) is 87.3 cm³/mol. The second-order valence-corrected chi connectivity index (χ2v) is 7.73. The van der Waals surface area contributed by atoms with E-state index in [0.29, 0.717) is 5.92 Å². The van der Waals surface area contributed by atoms with Crippen molar-refractivity contribution in [3.05, 3.63) is 35.4 Å². The van der Waals surface area contributed by atoms with Crippen LogP contribution in [0.2, 0.25) is 0 Å². The van der Waals surface area contributed by atoms with E-state index in [2.05, 4.69) is 11.2 Å². The van der Waals surface area contributed by atoms with E-state index in [-0.39, 0.29) is 17.4 Å². The molecular weight excluding hydrogens is 270 g/mol. The zero-order chi connectivity index (χ0) is 15.3. The van der Waals surface area contributed by atoms with E-state index < -0.39 is 0 Å². The van der Waals surface area contributed by atoms with E-state index in [1.807, 2.05) is 31.2 Å². The minimum atomic E-state index is -0.148. The molecule has 0 radical (unpaired) electrons. The maximum absolute atomic E-state index is 12.8. The van der Waals surface area contributed by atoms with E-state index in [1.54, 1.807) is 0 Å². The van der Waals surface area contributed by atoms with Crippen LogP contribution in [0.25, 0.3) is 0 Å². The number of nitrogens with one attached hydrogen (secondary N) is 1. The lowest BCUT2D eigenvalue weighted by atomic mass is 9.48. The Morgan fingerprint density at radius 1 is 1.27 bits per heavy atom. The van der Waals surface area contributed by atoms with Crippen LogP contribution in [0.4, 0.5) is 0 Å². The highest BCUT2D eigenvalue weighted by molar-refractivity contribution is 5.95. The first-order chi connectivity index (χ1) is 10.6. The second kappa shape index (κ2) is 4.88. The molecule has 0 aliphatic heterocycles. The lowest BCUT2D eigenvalue weighted by molar-refractivity contribution is -0.0471. The Morgan fingerprint density at radius 2 is 2.00 bits per heavy atom. The summed E-state index contributed by atoms with van der Waals surface area (Å²) in [5.74, 6) is 5.45. The molecule has 22 heavy (non-hydrogen) atoms. The summed E-state index contributed by atoms with van der Waals surface area (Å²) >= 11 is 0. The maximum Gasteiger partial charge on any atom is 0.251 e. The van der Waals surface area contributed by atoms with Crippen LogP contribution in [-0.4, -0.2) is 11.4 Å². The Balaban J connectivity index is 1.63. The molecule has 0 saturated heterocycles. The lowest BCUT2D eigenvalue weighted by Crippen LogP contribution is -2.65. The highest BCUT2D eigenvalue weighted by atomic mass is 16.1. The summed E-state index contributed by atoms with van der Waals surface area (Å²) in [6.45, 7) is 2.02. The molecule has 0 spiro atoms. The zero-order valence-corrected chi connectivity index (χ0v) is 13.1. The molecule has 4 fully saturated rings. The fraction of sp³-hybridized carbons (Fsp3) is 0.550. The summed E-state index contributed by atoms with van der Waals surface area (Å²) in [6.07, 6.45) is 11.9. The van der Waals surface area contributed by atoms with Gasteiger partial charge in [-0.1, -0.05) is 17.7 Å². The van der Waals surface area contributed by atoms with Gasteiger partial charge in [0.25, 0.3) is 5.91 Å². The average molecular weight is 293 g/mol. The highest BCUT2D eigenvalue weighted by Gasteiger charge is 2.57. The molecule has 114 valence electrons. The maximum atomic E-state index is 12.8. The summed E-state index contributed by atoms with van der Waals surface area (Å²) in [4.78, 5) is 12.8. The number of aryl methyl sites for hydroxylation is 1. The Bertz CT molecular complexity index is 642. The molecule has 1 amide bonds. The molecule has 3 atom stereocenters. The number of terminal acetylenes is 1. The number of carbonyl (C=O) groups excluding carboxylic acids is 1. The standard InChI is InChI=1S/C20H23NO/c1-3-18-17-9-14-8-15(10-17)12-20(18,11-14)21-19(22)16-6-4-5-13(2)7-16/h1,4-7,14-15,17-18H,8-12H2,2H3,(H,21,22). The smallest absolute Gasteiger partial charge is 0.251 e. The van der Waals surface area contributed by atoms with Crippen LogP contribution in [0.1, 0.15) is 48.0 Å². The second-order valence-electron chi connectivity index (χ2n) is 7.73. The van der Waals surface area contributed by atoms with Crippen LogP contribution in [0.15, 0.2) is 24.3 Å². The van der Waals surface area contributed by atoms with Crippen molar-refractivity contribution in [2.75, 3.05) is 0 Å². The van der Waals surface area contributed by atoms with Crippen molar-refractivity contribution in [2.24, 2.45) is 23.7 Å². The number of hydrogen-bond donors (Lipinski definition) is 1. The summed E-state index contributed by atoms with van der Waals surface area (Å²) in [5.41, 5.74) is 1.72. The molecule has 0 heterocycles. The minimum Gasteiger partial charge on any atom is -0.345 e. The van der Waals surface area contributed by atoms with Crippen LogP contribution in [0, 0.1) is 42.9 Å². The van der Waals surface area contributed by atoms with Crippen molar-refractivity contribution in [1.29, 1.82) is 0 Å². The van der Waals surface area contributed by atoms with Crippen molar-refractivity contribution in [2.45, 2.75) is 44.6 Å². The molecule has 3 unspecified atom stereocenters. The van der Waals surface area contributed by atoms with Gasteiger partial charge in [0.2, 0.25) is 0 Å². The van der Waals surface area contributed by atoms with Crippen molar-refractivity contribution < 1.29 is 4.79 Å². The molecule has 2 nitrogen and oxygen atoms in total. The van der Waals surface area contributed by atoms with Crippen molar-refractivity contribution >= 4 is 5.91 Å². The van der Waals surface area contributed by atoms with Gasteiger partial charge in [-0.05, 0) is 68.9 Å². The topological polar surface area (TPSA) is 29.1 Å². The molecule has 1 N–H and O–H groups in total. The van der Waals surface area contributed by atoms with Gasteiger partial charge in [-0.2, -0.15) is 0 Å². The number of benzene rings is 1. The lowest BCUT2D eigenvalue weighted by Gasteiger charge is -2.60. The molecule has 0 aromatic heterocycles. The molecule has 4 aliphatic rings. The van der Waals surface area contributed by atoms with Gasteiger partial charge in [-0.3, -0.25) is 4.79 Å². The van der Waals surface area contributed by atoms with Gasteiger partial charge in [0, 0.05) is 11.5 Å². The largest absolute Gasteiger partial charge is 0.345 e. The summed E-state index contributed by atoms with van der Waals surface area (Å²) < 4.78 is 0. The van der Waals surface area contributed by atoms with Gasteiger partial charge in [0.05, 0.1) is 5.54 Å². The van der Waals surface area contributed by atoms with E-state index >= 15 is 0 Å². The fourth-order valence-corrected chi connectivity index (χ4v) is 5.60. The van der Waals surface area contributed by atoms with Gasteiger partial charge in [0.1, 0.15) is 0 Å². The van der Waals surface area contributed by atoms with Crippen LogP contribution >= 0.6 is 0 Å². The molecule has 5 rings (SSSR count). The Labute approximate surface area is 132 Å². The van der Waals surface area contributed by atoms with Crippen molar-refractivity contribution in [1.82, 2.24) is 5.32 Å². The Kier molecular flexibility index (Phi) is 3.08. The van der Waals surface area contributed by atoms with Gasteiger partial charge >= 0.3 is 0 Å². The van der Waals surface area contributed by atoms with Gasteiger partial charge < -0.3 is 5.32 Å². The number of carbonyl (C=O) groups is 1. The minimum absolute atomic E-state index is 0.0471. The SMILES string of the molecule is C#CC1C2CC3CC(C2)CC1(NC(=O)c1cccc(C)c1)C3. The number of rotatable bonds is 2. The predicted octanol–water partition coefficient (Wildman–Crippen LogP) is 3.55. The quantitative estimate of drug-likeness (QED) is 0.830. The van der Waals surface area contributed by atoms with Crippen LogP contribution in [-0.2, 0) is 0 Å². The summed E-state index contributed by atoms with van der Waals surface area (Å²) in [7, 11) is 0. The summed E-state index contributed by atoms with van der Waals surface area (Å²) in [5, 5.41) is 3.39. The van der Waals surface area contributed by atoms with Crippen LogP contribution in [0.3, 0.4) is 0 Å². The average Bonchev–Trinajstić information content (AvgIpc) is 2.46. The third kappa shape index (κ3) is 2.07. The zero-order valence-electron chi connectivity index (χ0n) is 13.1. The van der Waals surface area contributed by atoms with Gasteiger partial charge in [0.15, 0.2) is 0 Å². The van der Waals surface area contributed by atoms with Gasteiger partial charge in [-0.25, -0.2) is 0 Å². The van der Waals surface area contributed by atoms with Gasteiger partial charge in [-0.15, -0.1) is 12.3 Å². The third-order valence-corrected chi connectivity index (χ3v) is 6.13. The van der Waals surface area contributed by atoms with Crippen LogP contribution < -0.4 is 5.32 Å². The van der Waals surface area contributed by atoms with Crippen molar-refractivity contribution in [3.63, 3.8) is 0 Å².